The molecule has 1 fully saturated rings. The largest absolute Gasteiger partial charge is 0.478 e. The minimum absolute atomic E-state index is 0.177. The van der Waals surface area contributed by atoms with Crippen LogP contribution in [0.15, 0.2) is 24.4 Å². The monoisotopic (exact) mass is 392 g/mol. The van der Waals surface area contributed by atoms with Gasteiger partial charge in [-0.2, -0.15) is 0 Å². The number of carbonyl (C=O) groups excluding carboxylic acids is 1. The third kappa shape index (κ3) is 4.23. The molecule has 1 saturated heterocycles. The molecule has 1 amide bonds. The van der Waals surface area contributed by atoms with Gasteiger partial charge in [0.1, 0.15) is 11.5 Å². The fourth-order valence-corrected chi connectivity index (χ4v) is 3.31. The fraction of sp³-hybridized carbons (Fsp3) is 0.389. The molecule has 9 heteroatoms. The molecule has 0 bridgehead atoms. The molecule has 2 aromatic rings. The number of carboxylic acids is 1. The van der Waals surface area contributed by atoms with E-state index >= 15 is 0 Å². The Labute approximate surface area is 161 Å². The molecular weight excluding hydrogens is 372 g/mol. The maximum absolute atomic E-state index is 12.5. The number of hydrogen-bond acceptors (Lipinski definition) is 5. The van der Waals surface area contributed by atoms with Crippen LogP contribution in [0, 0.1) is 6.92 Å². The second kappa shape index (κ2) is 7.98. The molecule has 0 aliphatic carbocycles. The summed E-state index contributed by atoms with van der Waals surface area (Å²) in [7, 11) is 1.59. The van der Waals surface area contributed by atoms with Crippen molar-refractivity contribution in [1.82, 2.24) is 15.3 Å². The molecule has 2 aromatic heterocycles. The summed E-state index contributed by atoms with van der Waals surface area (Å²) in [5.41, 5.74) is 1.33. The summed E-state index contributed by atoms with van der Waals surface area (Å²) in [4.78, 5) is 32.8. The van der Waals surface area contributed by atoms with Crippen LogP contribution in [0.1, 0.15) is 33.0 Å². The third-order valence-electron chi connectivity index (χ3n) is 4.69. The van der Waals surface area contributed by atoms with Gasteiger partial charge in [0, 0.05) is 32.1 Å². The van der Waals surface area contributed by atoms with E-state index in [-0.39, 0.29) is 23.6 Å². The van der Waals surface area contributed by atoms with Crippen molar-refractivity contribution in [3.05, 3.63) is 46.4 Å². The average molecular weight is 393 g/mol. The number of carbonyl (C=O) groups is 2. The number of aryl methyl sites for hydroxylation is 1. The predicted octanol–water partition coefficient (Wildman–Crippen LogP) is 2.09. The lowest BCUT2D eigenvalue weighted by Gasteiger charge is -2.38. The second-order valence-corrected chi connectivity index (χ2v) is 6.86. The zero-order chi connectivity index (χ0) is 19.6. The van der Waals surface area contributed by atoms with Gasteiger partial charge in [0.2, 0.25) is 0 Å². The lowest BCUT2D eigenvalue weighted by atomic mass is 10.0. The number of anilines is 1. The summed E-state index contributed by atoms with van der Waals surface area (Å²) in [5.74, 6) is -0.658. The first-order valence-corrected chi connectivity index (χ1v) is 8.90. The van der Waals surface area contributed by atoms with Crippen molar-refractivity contribution < 1.29 is 19.4 Å². The highest BCUT2D eigenvalue weighted by Gasteiger charge is 2.31. The molecule has 2 atom stereocenters. The van der Waals surface area contributed by atoms with Gasteiger partial charge < -0.3 is 25.0 Å². The molecule has 27 heavy (non-hydrogen) atoms. The van der Waals surface area contributed by atoms with Crippen LogP contribution in [0.2, 0.25) is 5.02 Å². The molecule has 1 aliphatic rings. The number of pyridine rings is 1. The molecule has 0 aromatic carbocycles. The number of hydrogen-bond donors (Lipinski definition) is 3. The minimum atomic E-state index is -0.996. The number of rotatable bonds is 5. The van der Waals surface area contributed by atoms with E-state index in [1.807, 2.05) is 4.90 Å². The van der Waals surface area contributed by atoms with Crippen molar-refractivity contribution in [2.75, 3.05) is 25.1 Å². The third-order valence-corrected chi connectivity index (χ3v) is 5.08. The number of carboxylic acid groups (broad SMARTS) is 1. The maximum atomic E-state index is 12.5. The number of nitrogens with zero attached hydrogens (tertiary/aromatic N) is 2. The first-order chi connectivity index (χ1) is 12.9. The number of amides is 1. The molecule has 0 radical (unpaired) electrons. The lowest BCUT2D eigenvalue weighted by molar-refractivity contribution is 0.0538. The van der Waals surface area contributed by atoms with E-state index < -0.39 is 5.97 Å². The van der Waals surface area contributed by atoms with Crippen molar-refractivity contribution in [1.29, 1.82) is 0 Å². The second-order valence-electron chi connectivity index (χ2n) is 6.45. The first kappa shape index (κ1) is 19.2. The highest BCUT2D eigenvalue weighted by Crippen LogP contribution is 2.22. The van der Waals surface area contributed by atoms with Crippen LogP contribution in [0.3, 0.4) is 0 Å². The Kier molecular flexibility index (Phi) is 5.67. The summed E-state index contributed by atoms with van der Waals surface area (Å²) >= 11 is 6.00. The van der Waals surface area contributed by atoms with Crippen LogP contribution < -0.4 is 10.2 Å². The van der Waals surface area contributed by atoms with E-state index in [0.29, 0.717) is 36.0 Å². The number of aromatic nitrogens is 2. The highest BCUT2D eigenvalue weighted by atomic mass is 35.5. The van der Waals surface area contributed by atoms with Crippen LogP contribution in [-0.2, 0) is 4.74 Å². The number of aromatic amines is 1. The van der Waals surface area contributed by atoms with E-state index in [9.17, 15) is 9.59 Å². The molecule has 144 valence electrons. The fourth-order valence-electron chi connectivity index (χ4n) is 3.15. The zero-order valence-electron chi connectivity index (χ0n) is 15.0. The Bertz CT molecular complexity index is 834. The van der Waals surface area contributed by atoms with Crippen molar-refractivity contribution >= 4 is 29.3 Å². The number of H-pyrrole nitrogens is 1. The number of halogens is 1. The summed E-state index contributed by atoms with van der Waals surface area (Å²) in [6, 6.07) is 4.42. The van der Waals surface area contributed by atoms with Gasteiger partial charge in [-0.25, -0.2) is 9.78 Å². The van der Waals surface area contributed by atoms with Gasteiger partial charge in [0.25, 0.3) is 5.91 Å². The van der Waals surface area contributed by atoms with E-state index in [4.69, 9.17) is 21.4 Å². The Morgan fingerprint density at radius 1 is 1.44 bits per heavy atom. The Morgan fingerprint density at radius 2 is 2.22 bits per heavy atom. The number of methoxy groups -OCH3 is 1. The molecule has 3 heterocycles. The van der Waals surface area contributed by atoms with E-state index in [1.165, 1.54) is 18.3 Å². The van der Waals surface area contributed by atoms with Crippen LogP contribution in [0.25, 0.3) is 0 Å². The molecule has 0 unspecified atom stereocenters. The SMILES string of the molecule is CO[C@H]1CN(c2cc(C(=O)O)ccn2)CC[C@H]1NC(=O)c1cc(Cl)c(C)[nH]1. The van der Waals surface area contributed by atoms with Crippen LogP contribution in [-0.4, -0.2) is 59.3 Å². The highest BCUT2D eigenvalue weighted by molar-refractivity contribution is 6.31. The van der Waals surface area contributed by atoms with Crippen LogP contribution in [0.4, 0.5) is 5.82 Å². The molecular formula is C18H21ClN4O4. The van der Waals surface area contributed by atoms with Gasteiger partial charge in [-0.15, -0.1) is 0 Å². The first-order valence-electron chi connectivity index (χ1n) is 8.52. The summed E-state index contributed by atoms with van der Waals surface area (Å²) < 4.78 is 5.56. The minimum Gasteiger partial charge on any atom is -0.478 e. The summed E-state index contributed by atoms with van der Waals surface area (Å²) in [6.07, 6.45) is 1.85. The van der Waals surface area contributed by atoms with Crippen molar-refractivity contribution in [3.63, 3.8) is 0 Å². The zero-order valence-corrected chi connectivity index (χ0v) is 15.8. The van der Waals surface area contributed by atoms with E-state index in [0.717, 1.165) is 5.69 Å². The van der Waals surface area contributed by atoms with Gasteiger partial charge in [-0.3, -0.25) is 4.79 Å². The molecule has 8 nitrogen and oxygen atoms in total. The van der Waals surface area contributed by atoms with Crippen LogP contribution >= 0.6 is 11.6 Å². The standard InChI is InChI=1S/C18H21ClN4O4/c1-10-12(19)8-14(21-10)17(24)22-13-4-6-23(9-15(13)27-2)16-7-11(18(25)26)3-5-20-16/h3,5,7-8,13,15,21H,4,6,9H2,1-2H3,(H,22,24)(H,25,26)/t13-,15+/m1/s1. The predicted molar refractivity (Wildman–Crippen MR) is 101 cm³/mol. The van der Waals surface area contributed by atoms with Crippen molar-refractivity contribution in [2.24, 2.45) is 0 Å². The van der Waals surface area contributed by atoms with Gasteiger partial charge >= 0.3 is 5.97 Å². The van der Waals surface area contributed by atoms with Crippen molar-refractivity contribution in [2.45, 2.75) is 25.5 Å². The number of aromatic carboxylic acids is 1. The van der Waals surface area contributed by atoms with Gasteiger partial charge in [0.15, 0.2) is 0 Å². The number of nitrogens with one attached hydrogen (secondary N) is 2. The molecule has 0 spiro atoms. The normalized spacial score (nSPS) is 19.7. The van der Waals surface area contributed by atoms with Gasteiger partial charge in [0.05, 0.1) is 22.7 Å². The van der Waals surface area contributed by atoms with E-state index in [1.54, 1.807) is 20.1 Å². The number of ether oxygens (including phenoxy) is 1. The van der Waals surface area contributed by atoms with Crippen molar-refractivity contribution in [3.8, 4) is 0 Å². The Balaban J connectivity index is 1.68. The molecule has 1 aliphatic heterocycles. The topological polar surface area (TPSA) is 108 Å². The van der Waals surface area contributed by atoms with Gasteiger partial charge in [-0.05, 0) is 31.5 Å². The molecule has 0 saturated carbocycles. The smallest absolute Gasteiger partial charge is 0.335 e. The van der Waals surface area contributed by atoms with E-state index in [2.05, 4.69) is 15.3 Å². The Hall–Kier alpha value is -2.58. The Morgan fingerprint density at radius 3 is 2.85 bits per heavy atom. The van der Waals surface area contributed by atoms with Crippen LogP contribution in [0.5, 0.6) is 0 Å². The molecule has 3 rings (SSSR count). The van der Waals surface area contributed by atoms with Gasteiger partial charge in [-0.1, -0.05) is 11.6 Å². The maximum Gasteiger partial charge on any atom is 0.335 e. The average Bonchev–Trinajstić information content (AvgIpc) is 3.01. The quantitative estimate of drug-likeness (QED) is 0.719. The summed E-state index contributed by atoms with van der Waals surface area (Å²) in [6.45, 7) is 2.90. The summed E-state index contributed by atoms with van der Waals surface area (Å²) in [5, 5.41) is 12.6. The molecule has 3 N–H and O–H groups in total. The lowest BCUT2D eigenvalue weighted by Crippen LogP contribution is -2.55. The number of piperidine rings is 1.